The molecule has 2 amide bonds. The maximum absolute atomic E-state index is 11.9. The third-order valence-electron chi connectivity index (χ3n) is 2.76. The van der Waals surface area contributed by atoms with Gasteiger partial charge >= 0.3 is 11.9 Å². The summed E-state index contributed by atoms with van der Waals surface area (Å²) >= 11 is 0. The average molecular weight is 327 g/mol. The van der Waals surface area contributed by atoms with Gasteiger partial charge in [-0.25, -0.2) is 4.98 Å². The predicted octanol–water partition coefficient (Wildman–Crippen LogP) is -2.56. The first-order valence-electron chi connectivity index (χ1n) is 6.54. The summed E-state index contributed by atoms with van der Waals surface area (Å²) in [6, 6.07) is -2.45. The molecular formula is C12H17N5O6. The van der Waals surface area contributed by atoms with Crippen molar-refractivity contribution < 1.29 is 29.4 Å². The fraction of sp³-hybridized carbons (Fsp3) is 0.417. The second kappa shape index (κ2) is 8.48. The van der Waals surface area contributed by atoms with Gasteiger partial charge in [0.2, 0.25) is 11.8 Å². The fourth-order valence-electron chi connectivity index (χ4n) is 1.67. The van der Waals surface area contributed by atoms with Crippen LogP contribution < -0.4 is 16.4 Å². The topological polar surface area (TPSA) is 188 Å². The van der Waals surface area contributed by atoms with Gasteiger partial charge in [0.1, 0.15) is 12.6 Å². The summed E-state index contributed by atoms with van der Waals surface area (Å²) in [5.41, 5.74) is 6.27. The number of nitrogens with one attached hydrogen (secondary N) is 3. The Labute approximate surface area is 130 Å². The van der Waals surface area contributed by atoms with E-state index in [-0.39, 0.29) is 6.42 Å². The van der Waals surface area contributed by atoms with Crippen molar-refractivity contribution in [2.24, 2.45) is 5.73 Å². The van der Waals surface area contributed by atoms with Crippen LogP contribution in [0.25, 0.3) is 0 Å². The second-order valence-corrected chi connectivity index (χ2v) is 4.66. The number of carboxylic acid groups (broad SMARTS) is 2. The van der Waals surface area contributed by atoms with E-state index in [1.807, 2.05) is 5.32 Å². The first-order valence-corrected chi connectivity index (χ1v) is 6.54. The van der Waals surface area contributed by atoms with E-state index >= 15 is 0 Å². The number of hydrogen-bond donors (Lipinski definition) is 6. The zero-order valence-corrected chi connectivity index (χ0v) is 12.0. The number of nitrogens with two attached hydrogens (primary N) is 1. The smallest absolute Gasteiger partial charge is 0.322 e. The molecular weight excluding hydrogens is 310 g/mol. The van der Waals surface area contributed by atoms with Gasteiger partial charge in [0.15, 0.2) is 0 Å². The Bertz CT molecular complexity index is 573. The van der Waals surface area contributed by atoms with E-state index in [4.69, 9.17) is 15.9 Å². The molecule has 0 saturated heterocycles. The molecule has 11 heteroatoms. The van der Waals surface area contributed by atoms with Crippen molar-refractivity contribution in [3.63, 3.8) is 0 Å². The number of carbonyl (C=O) groups excluding carboxylic acids is 2. The summed E-state index contributed by atoms with van der Waals surface area (Å²) in [5.74, 6) is -4.29. The van der Waals surface area contributed by atoms with Crippen LogP contribution in [0.1, 0.15) is 12.1 Å². The molecule has 11 nitrogen and oxygen atoms in total. The Balaban J connectivity index is 2.63. The zero-order valence-electron chi connectivity index (χ0n) is 12.0. The number of carbonyl (C=O) groups is 4. The van der Waals surface area contributed by atoms with Crippen molar-refractivity contribution >= 4 is 23.8 Å². The van der Waals surface area contributed by atoms with Gasteiger partial charge in [0.25, 0.3) is 0 Å². The largest absolute Gasteiger partial charge is 0.481 e. The first-order chi connectivity index (χ1) is 10.8. The fourth-order valence-corrected chi connectivity index (χ4v) is 1.67. The SMILES string of the molecule is N[C@@H](Cc1cnc[nH]1)C(=O)N[C@@H](CC(=O)O)C(=O)NCC(=O)O. The van der Waals surface area contributed by atoms with Gasteiger partial charge in [-0.2, -0.15) is 0 Å². The molecule has 1 aromatic heterocycles. The van der Waals surface area contributed by atoms with Crippen LogP contribution >= 0.6 is 0 Å². The van der Waals surface area contributed by atoms with Gasteiger partial charge in [-0.3, -0.25) is 19.2 Å². The Kier molecular flexibility index (Phi) is 6.68. The van der Waals surface area contributed by atoms with Crippen LogP contribution in [-0.2, 0) is 25.6 Å². The molecule has 23 heavy (non-hydrogen) atoms. The minimum atomic E-state index is -1.42. The third kappa shape index (κ3) is 6.56. The number of carboxylic acids is 2. The standard InChI is InChI=1S/C12H17N5O6/c13-7(1-6-3-14-5-16-6)11(22)17-8(2-9(18)19)12(23)15-4-10(20)21/h3,5,7-8H,1-2,4,13H2,(H,14,16)(H,15,23)(H,17,22)(H,18,19)(H,20,21)/t7-,8-/m0/s1. The molecule has 0 aliphatic heterocycles. The third-order valence-corrected chi connectivity index (χ3v) is 2.76. The van der Waals surface area contributed by atoms with Crippen molar-refractivity contribution in [3.05, 3.63) is 18.2 Å². The van der Waals surface area contributed by atoms with Crippen molar-refractivity contribution in [3.8, 4) is 0 Å². The molecule has 0 unspecified atom stereocenters. The number of imidazole rings is 1. The molecule has 0 fully saturated rings. The zero-order chi connectivity index (χ0) is 17.4. The van der Waals surface area contributed by atoms with E-state index in [9.17, 15) is 19.2 Å². The second-order valence-electron chi connectivity index (χ2n) is 4.66. The van der Waals surface area contributed by atoms with Crippen LogP contribution in [0, 0.1) is 0 Å². The van der Waals surface area contributed by atoms with Crippen LogP contribution in [-0.4, -0.2) is 62.6 Å². The van der Waals surface area contributed by atoms with Crippen LogP contribution in [0.15, 0.2) is 12.5 Å². The average Bonchev–Trinajstić information content (AvgIpc) is 2.96. The van der Waals surface area contributed by atoms with Gasteiger partial charge < -0.3 is 31.6 Å². The highest BCUT2D eigenvalue weighted by atomic mass is 16.4. The predicted molar refractivity (Wildman–Crippen MR) is 75.1 cm³/mol. The normalized spacial score (nSPS) is 12.9. The van der Waals surface area contributed by atoms with E-state index in [2.05, 4.69) is 15.3 Å². The summed E-state index contributed by atoms with van der Waals surface area (Å²) < 4.78 is 0. The first kappa shape index (κ1) is 18.1. The highest BCUT2D eigenvalue weighted by molar-refractivity contribution is 5.93. The molecule has 0 aliphatic carbocycles. The summed E-state index contributed by atoms with van der Waals surface area (Å²) in [6.07, 6.45) is 2.30. The molecule has 1 heterocycles. The molecule has 126 valence electrons. The number of aliphatic carboxylic acids is 2. The summed E-state index contributed by atoms with van der Waals surface area (Å²) in [4.78, 5) is 51.4. The van der Waals surface area contributed by atoms with Crippen molar-refractivity contribution in [1.29, 1.82) is 0 Å². The molecule has 1 aromatic rings. The molecule has 0 radical (unpaired) electrons. The monoisotopic (exact) mass is 327 g/mol. The number of nitrogens with zero attached hydrogens (tertiary/aromatic N) is 1. The Morgan fingerprint density at radius 2 is 1.91 bits per heavy atom. The minimum Gasteiger partial charge on any atom is -0.481 e. The van der Waals surface area contributed by atoms with Crippen LogP contribution in [0.3, 0.4) is 0 Å². The number of rotatable bonds is 9. The maximum atomic E-state index is 11.9. The molecule has 0 aromatic carbocycles. The molecule has 7 N–H and O–H groups in total. The van der Waals surface area contributed by atoms with Crippen molar-refractivity contribution in [1.82, 2.24) is 20.6 Å². The summed E-state index contributed by atoms with van der Waals surface area (Å²) in [7, 11) is 0. The Morgan fingerprint density at radius 3 is 2.43 bits per heavy atom. The van der Waals surface area contributed by atoms with Crippen LogP contribution in [0.2, 0.25) is 0 Å². The van der Waals surface area contributed by atoms with Gasteiger partial charge in [-0.05, 0) is 0 Å². The van der Waals surface area contributed by atoms with E-state index < -0.39 is 48.8 Å². The van der Waals surface area contributed by atoms with E-state index in [1.165, 1.54) is 12.5 Å². The lowest BCUT2D eigenvalue weighted by molar-refractivity contribution is -0.141. The number of aromatic amines is 1. The molecule has 1 rings (SSSR count). The highest BCUT2D eigenvalue weighted by Gasteiger charge is 2.26. The number of H-pyrrole nitrogens is 1. The molecule has 0 saturated carbocycles. The molecule has 0 spiro atoms. The maximum Gasteiger partial charge on any atom is 0.322 e. The van der Waals surface area contributed by atoms with Gasteiger partial charge in [0.05, 0.1) is 18.8 Å². The Morgan fingerprint density at radius 1 is 1.22 bits per heavy atom. The van der Waals surface area contributed by atoms with E-state index in [0.29, 0.717) is 5.69 Å². The number of aromatic nitrogens is 2. The van der Waals surface area contributed by atoms with E-state index in [0.717, 1.165) is 0 Å². The Hall–Kier alpha value is -2.95. The molecule has 2 atom stereocenters. The van der Waals surface area contributed by atoms with Gasteiger partial charge in [-0.15, -0.1) is 0 Å². The van der Waals surface area contributed by atoms with Crippen LogP contribution in [0.5, 0.6) is 0 Å². The van der Waals surface area contributed by atoms with Crippen molar-refractivity contribution in [2.45, 2.75) is 24.9 Å². The summed E-state index contributed by atoms with van der Waals surface area (Å²) in [6.45, 7) is -0.689. The lowest BCUT2D eigenvalue weighted by Gasteiger charge is -2.18. The lowest BCUT2D eigenvalue weighted by atomic mass is 10.1. The molecule has 0 bridgehead atoms. The van der Waals surface area contributed by atoms with Gasteiger partial charge in [-0.1, -0.05) is 0 Å². The molecule has 0 aliphatic rings. The highest BCUT2D eigenvalue weighted by Crippen LogP contribution is 1.99. The minimum absolute atomic E-state index is 0.113. The lowest BCUT2D eigenvalue weighted by Crippen LogP contribution is -2.53. The quantitative estimate of drug-likeness (QED) is 0.285. The van der Waals surface area contributed by atoms with Gasteiger partial charge in [0, 0.05) is 18.3 Å². The van der Waals surface area contributed by atoms with Crippen molar-refractivity contribution in [2.75, 3.05) is 6.54 Å². The number of amides is 2. The van der Waals surface area contributed by atoms with E-state index in [1.54, 1.807) is 0 Å². The summed E-state index contributed by atoms with van der Waals surface area (Å²) in [5, 5.41) is 21.5. The number of hydrogen-bond acceptors (Lipinski definition) is 6. The van der Waals surface area contributed by atoms with Crippen LogP contribution in [0.4, 0.5) is 0 Å².